The van der Waals surface area contributed by atoms with Crippen LogP contribution in [-0.2, 0) is 16.1 Å². The summed E-state index contributed by atoms with van der Waals surface area (Å²) in [4.78, 5) is 30.3. The maximum atomic E-state index is 14.3. The van der Waals surface area contributed by atoms with Crippen LogP contribution in [0.2, 0.25) is 10.0 Å². The number of esters is 1. The number of hydrogen-bond acceptors (Lipinski definition) is 6. The fourth-order valence-corrected chi connectivity index (χ4v) is 5.79. The minimum absolute atomic E-state index is 0.0955. The van der Waals surface area contributed by atoms with Crippen LogP contribution in [0.15, 0.2) is 93.9 Å². The van der Waals surface area contributed by atoms with E-state index in [1.807, 2.05) is 6.07 Å². The van der Waals surface area contributed by atoms with Crippen molar-refractivity contribution in [3.05, 3.63) is 130 Å². The molecule has 0 aliphatic carbocycles. The van der Waals surface area contributed by atoms with Crippen molar-refractivity contribution < 1.29 is 27.4 Å². The number of ether oxygens (including phenoxy) is 2. The number of aromatic nitrogens is 1. The van der Waals surface area contributed by atoms with Crippen LogP contribution in [0.4, 0.5) is 13.2 Å². The number of fused-ring (bicyclic) bond motifs is 1. The molecule has 3 aromatic carbocycles. The van der Waals surface area contributed by atoms with E-state index in [9.17, 15) is 22.8 Å². The first-order valence-corrected chi connectivity index (χ1v) is 14.2. The lowest BCUT2D eigenvalue weighted by atomic mass is 9.95. The Kier molecular flexibility index (Phi) is 8.58. The molecule has 0 amide bonds. The van der Waals surface area contributed by atoms with Gasteiger partial charge in [0.15, 0.2) is 10.5 Å². The molecule has 1 aliphatic rings. The summed E-state index contributed by atoms with van der Waals surface area (Å²) >= 11 is 12.9. The maximum absolute atomic E-state index is 14.3. The first-order chi connectivity index (χ1) is 20.1. The van der Waals surface area contributed by atoms with E-state index in [1.54, 1.807) is 42.5 Å². The predicted octanol–water partition coefficient (Wildman–Crippen LogP) is 6.23. The Balaban J connectivity index is 1.67. The van der Waals surface area contributed by atoms with Crippen LogP contribution < -0.4 is 19.6 Å². The van der Waals surface area contributed by atoms with Gasteiger partial charge in [-0.25, -0.2) is 9.79 Å². The van der Waals surface area contributed by atoms with Gasteiger partial charge in [-0.2, -0.15) is 13.2 Å². The third-order valence-electron chi connectivity index (χ3n) is 6.27. The molecule has 5 rings (SSSR count). The van der Waals surface area contributed by atoms with Gasteiger partial charge < -0.3 is 9.47 Å². The SMILES string of the molecule is CCOC(=O)C1=C(C(F)(F)F)N=c2s/c(=C\c3ccccc3OCc3cccc(Cl)c3)c(=O)n2[C@@H]1c1ccc(Cl)cc1. The summed E-state index contributed by atoms with van der Waals surface area (Å²) in [6.07, 6.45) is -3.47. The van der Waals surface area contributed by atoms with E-state index < -0.39 is 35.0 Å². The second-order valence-corrected chi connectivity index (χ2v) is 11.0. The molecular weight excluding hydrogens is 612 g/mol. The van der Waals surface area contributed by atoms with Gasteiger partial charge in [0.05, 0.1) is 22.8 Å². The standard InChI is InChI=1S/C30H21Cl2F3N2O4S/c1-2-40-28(39)24-25(18-10-12-20(31)13-11-18)37-27(38)23(42-29(37)36-26(24)30(33,34)35)15-19-7-3-4-9-22(19)41-16-17-6-5-8-21(32)14-17/h3-15,25H,2,16H2,1H3/b23-15-/t25-/m1/s1. The van der Waals surface area contributed by atoms with E-state index in [2.05, 4.69) is 4.99 Å². The third kappa shape index (κ3) is 6.16. The van der Waals surface area contributed by atoms with Gasteiger partial charge in [0.2, 0.25) is 0 Å². The number of alkyl halides is 3. The van der Waals surface area contributed by atoms with Crippen LogP contribution in [0.1, 0.15) is 29.7 Å². The van der Waals surface area contributed by atoms with Crippen LogP contribution in [-0.4, -0.2) is 23.3 Å². The molecule has 0 unspecified atom stereocenters. The van der Waals surface area contributed by atoms with Gasteiger partial charge in [0.25, 0.3) is 5.56 Å². The molecule has 1 aliphatic heterocycles. The lowest BCUT2D eigenvalue weighted by Gasteiger charge is -2.26. The van der Waals surface area contributed by atoms with Crippen molar-refractivity contribution in [1.29, 1.82) is 0 Å². The molecule has 2 heterocycles. The van der Waals surface area contributed by atoms with E-state index in [0.717, 1.165) is 21.5 Å². The number of halogens is 5. The zero-order valence-corrected chi connectivity index (χ0v) is 24.2. The van der Waals surface area contributed by atoms with Gasteiger partial charge in [-0.1, -0.05) is 77.0 Å². The molecule has 0 fully saturated rings. The Morgan fingerprint density at radius 3 is 2.48 bits per heavy atom. The highest BCUT2D eigenvalue weighted by Gasteiger charge is 2.45. The molecule has 0 N–H and O–H groups in total. The highest BCUT2D eigenvalue weighted by molar-refractivity contribution is 7.07. The summed E-state index contributed by atoms with van der Waals surface area (Å²) in [5, 5.41) is 0.888. The summed E-state index contributed by atoms with van der Waals surface area (Å²) in [6.45, 7) is 1.50. The van der Waals surface area contributed by atoms with Gasteiger partial charge in [0.1, 0.15) is 12.4 Å². The Hall–Kier alpha value is -3.86. The Bertz CT molecular complexity index is 1860. The van der Waals surface area contributed by atoms with Crippen molar-refractivity contribution in [3.63, 3.8) is 0 Å². The molecule has 1 aromatic heterocycles. The Morgan fingerprint density at radius 2 is 1.79 bits per heavy atom. The van der Waals surface area contributed by atoms with Crippen LogP contribution in [0, 0.1) is 0 Å². The predicted molar refractivity (Wildman–Crippen MR) is 154 cm³/mol. The Labute approximate surface area is 251 Å². The fraction of sp³-hybridized carbons (Fsp3) is 0.167. The topological polar surface area (TPSA) is 69.9 Å². The average molecular weight is 633 g/mol. The summed E-state index contributed by atoms with van der Waals surface area (Å²) in [5.41, 5.74) is -1.25. The number of nitrogens with zero attached hydrogens (tertiary/aromatic N) is 2. The summed E-state index contributed by atoms with van der Waals surface area (Å²) < 4.78 is 55.1. The zero-order valence-electron chi connectivity index (χ0n) is 21.8. The van der Waals surface area contributed by atoms with Crippen molar-refractivity contribution in [3.8, 4) is 5.75 Å². The minimum atomic E-state index is -5.00. The Morgan fingerprint density at radius 1 is 1.05 bits per heavy atom. The molecule has 0 bridgehead atoms. The number of carbonyl (C=O) groups is 1. The van der Waals surface area contributed by atoms with E-state index in [1.165, 1.54) is 37.3 Å². The van der Waals surface area contributed by atoms with Crippen molar-refractivity contribution >= 4 is 46.6 Å². The number of carbonyl (C=O) groups excluding carboxylic acids is 1. The first-order valence-electron chi connectivity index (χ1n) is 12.6. The lowest BCUT2D eigenvalue weighted by Crippen LogP contribution is -2.41. The molecule has 0 saturated carbocycles. The molecule has 216 valence electrons. The third-order valence-corrected chi connectivity index (χ3v) is 7.74. The largest absolute Gasteiger partial charge is 0.488 e. The van der Waals surface area contributed by atoms with Crippen LogP contribution in [0.3, 0.4) is 0 Å². The fourth-order valence-electron chi connectivity index (χ4n) is 4.46. The molecular formula is C30H21Cl2F3N2O4S. The van der Waals surface area contributed by atoms with Crippen molar-refractivity contribution in [2.75, 3.05) is 6.61 Å². The lowest BCUT2D eigenvalue weighted by molar-refractivity contribution is -0.140. The minimum Gasteiger partial charge on any atom is -0.488 e. The number of allylic oxidation sites excluding steroid dienone is 1. The van der Waals surface area contributed by atoms with Gasteiger partial charge in [0, 0.05) is 15.6 Å². The van der Waals surface area contributed by atoms with Crippen LogP contribution in [0.5, 0.6) is 5.75 Å². The number of rotatable bonds is 7. The number of benzene rings is 3. The van der Waals surface area contributed by atoms with E-state index in [4.69, 9.17) is 32.7 Å². The van der Waals surface area contributed by atoms with Crippen molar-refractivity contribution in [2.45, 2.75) is 25.7 Å². The van der Waals surface area contributed by atoms with E-state index >= 15 is 0 Å². The molecule has 0 saturated heterocycles. The highest BCUT2D eigenvalue weighted by Crippen LogP contribution is 2.38. The van der Waals surface area contributed by atoms with Crippen molar-refractivity contribution in [1.82, 2.24) is 4.57 Å². The summed E-state index contributed by atoms with van der Waals surface area (Å²) in [6, 6.07) is 18.5. The molecule has 0 spiro atoms. The molecule has 12 heteroatoms. The summed E-state index contributed by atoms with van der Waals surface area (Å²) in [7, 11) is 0. The highest BCUT2D eigenvalue weighted by atomic mass is 35.5. The maximum Gasteiger partial charge on any atom is 0.434 e. The van der Waals surface area contributed by atoms with Crippen LogP contribution >= 0.6 is 34.5 Å². The molecule has 0 radical (unpaired) electrons. The average Bonchev–Trinajstić information content (AvgIpc) is 3.26. The first kappa shape index (κ1) is 29.6. The molecule has 42 heavy (non-hydrogen) atoms. The number of para-hydroxylation sites is 1. The van der Waals surface area contributed by atoms with Gasteiger partial charge >= 0.3 is 12.1 Å². The monoisotopic (exact) mass is 632 g/mol. The smallest absolute Gasteiger partial charge is 0.434 e. The quantitative estimate of drug-likeness (QED) is 0.227. The van der Waals surface area contributed by atoms with Crippen LogP contribution in [0.25, 0.3) is 6.08 Å². The second-order valence-electron chi connectivity index (χ2n) is 9.07. The normalized spacial score (nSPS) is 15.3. The van der Waals surface area contributed by atoms with E-state index in [-0.39, 0.29) is 28.1 Å². The van der Waals surface area contributed by atoms with Gasteiger partial charge in [-0.15, -0.1) is 0 Å². The number of thiazole rings is 1. The second kappa shape index (κ2) is 12.2. The molecule has 1 atom stereocenters. The van der Waals surface area contributed by atoms with E-state index in [0.29, 0.717) is 21.4 Å². The number of hydrogen-bond donors (Lipinski definition) is 0. The summed E-state index contributed by atoms with van der Waals surface area (Å²) in [5.74, 6) is -0.775. The molecule has 4 aromatic rings. The van der Waals surface area contributed by atoms with Gasteiger partial charge in [-0.3, -0.25) is 9.36 Å². The molecule has 6 nitrogen and oxygen atoms in total. The zero-order chi connectivity index (χ0) is 30.0. The van der Waals surface area contributed by atoms with Crippen molar-refractivity contribution in [2.24, 2.45) is 4.99 Å². The van der Waals surface area contributed by atoms with Gasteiger partial charge in [-0.05, 0) is 54.5 Å².